The molecule has 0 aliphatic carbocycles. The maximum atomic E-state index is 13.5. The number of benzene rings is 1. The molecule has 21 heavy (non-hydrogen) atoms. The van der Waals surface area contributed by atoms with Gasteiger partial charge < -0.3 is 5.32 Å². The van der Waals surface area contributed by atoms with Crippen molar-refractivity contribution < 1.29 is 21.6 Å². The van der Waals surface area contributed by atoms with E-state index in [-0.39, 0.29) is 11.8 Å². The Bertz CT molecular complexity index is 781. The van der Waals surface area contributed by atoms with Crippen LogP contribution in [0.3, 0.4) is 0 Å². The summed E-state index contributed by atoms with van der Waals surface area (Å²) >= 11 is 0. The molecule has 0 radical (unpaired) electrons. The highest BCUT2D eigenvalue weighted by Gasteiger charge is 2.22. The van der Waals surface area contributed by atoms with E-state index in [0.29, 0.717) is 6.07 Å². The van der Waals surface area contributed by atoms with Gasteiger partial charge in [-0.2, -0.15) is 8.42 Å². The lowest BCUT2D eigenvalue weighted by atomic mass is 10.3. The van der Waals surface area contributed by atoms with Crippen molar-refractivity contribution in [2.75, 3.05) is 17.1 Å². The van der Waals surface area contributed by atoms with Crippen molar-refractivity contribution >= 4 is 21.4 Å². The van der Waals surface area contributed by atoms with Crippen molar-refractivity contribution in [2.24, 2.45) is 0 Å². The van der Waals surface area contributed by atoms with Gasteiger partial charge in [0.05, 0.1) is 11.4 Å². The van der Waals surface area contributed by atoms with Crippen molar-refractivity contribution in [3.8, 4) is 0 Å². The minimum absolute atomic E-state index is 0.174. The van der Waals surface area contributed by atoms with Crippen molar-refractivity contribution in [3.63, 3.8) is 0 Å². The van der Waals surface area contributed by atoms with E-state index in [1.807, 2.05) is 4.72 Å². The van der Waals surface area contributed by atoms with Gasteiger partial charge in [0.25, 0.3) is 10.0 Å². The highest BCUT2D eigenvalue weighted by atomic mass is 32.2. The Morgan fingerprint density at radius 1 is 1.05 bits per heavy atom. The summed E-state index contributed by atoms with van der Waals surface area (Å²) in [6.45, 7) is 0. The molecule has 2 aromatic rings. The van der Waals surface area contributed by atoms with Crippen LogP contribution in [0, 0.1) is 17.5 Å². The second-order valence-corrected chi connectivity index (χ2v) is 5.56. The Hall–Kier alpha value is -2.29. The Labute approximate surface area is 118 Å². The largest absolute Gasteiger partial charge is 0.386 e. The first kappa shape index (κ1) is 15.1. The number of hydrogen-bond donors (Lipinski definition) is 2. The van der Waals surface area contributed by atoms with Crippen molar-refractivity contribution in [3.05, 3.63) is 47.9 Å². The average Bonchev–Trinajstić information content (AvgIpc) is 2.44. The summed E-state index contributed by atoms with van der Waals surface area (Å²) in [6, 6.07) is 3.63. The van der Waals surface area contributed by atoms with Gasteiger partial charge in [0, 0.05) is 25.4 Å². The second kappa shape index (κ2) is 5.60. The normalized spacial score (nSPS) is 11.2. The molecule has 112 valence electrons. The van der Waals surface area contributed by atoms with E-state index in [2.05, 4.69) is 10.3 Å². The van der Waals surface area contributed by atoms with E-state index >= 15 is 0 Å². The highest BCUT2D eigenvalue weighted by Crippen LogP contribution is 2.24. The lowest BCUT2D eigenvalue weighted by molar-refractivity contribution is 0.496. The smallest absolute Gasteiger partial charge is 0.281 e. The number of rotatable bonds is 4. The summed E-state index contributed by atoms with van der Waals surface area (Å²) < 4.78 is 65.5. The quantitative estimate of drug-likeness (QED) is 0.849. The molecular weight excluding hydrogens is 307 g/mol. The number of pyridine rings is 1. The van der Waals surface area contributed by atoms with Crippen molar-refractivity contribution in [2.45, 2.75) is 5.03 Å². The molecule has 0 fully saturated rings. The van der Waals surface area contributed by atoms with Crippen LogP contribution in [0.25, 0.3) is 0 Å². The van der Waals surface area contributed by atoms with Gasteiger partial charge in [0.2, 0.25) is 0 Å². The van der Waals surface area contributed by atoms with Gasteiger partial charge in [-0.15, -0.1) is 0 Å². The molecule has 0 spiro atoms. The zero-order valence-electron chi connectivity index (χ0n) is 10.7. The number of nitrogens with zero attached hydrogens (tertiary/aromatic N) is 1. The molecule has 9 heteroatoms. The van der Waals surface area contributed by atoms with Gasteiger partial charge >= 0.3 is 0 Å². The third-order valence-corrected chi connectivity index (χ3v) is 3.87. The van der Waals surface area contributed by atoms with Gasteiger partial charge in [-0.05, 0) is 12.1 Å². The zero-order chi connectivity index (χ0) is 15.6. The Morgan fingerprint density at radius 3 is 2.38 bits per heavy atom. The van der Waals surface area contributed by atoms with Crippen LogP contribution in [0.15, 0.2) is 35.5 Å². The predicted molar refractivity (Wildman–Crippen MR) is 70.9 cm³/mol. The molecule has 0 aliphatic rings. The third-order valence-electron chi connectivity index (χ3n) is 2.55. The Balaban J connectivity index is 2.45. The fraction of sp³-hybridized carbons (Fsp3) is 0.0833. The molecule has 0 bridgehead atoms. The van der Waals surface area contributed by atoms with Crippen LogP contribution < -0.4 is 10.0 Å². The number of sulfonamides is 1. The van der Waals surface area contributed by atoms with Crippen molar-refractivity contribution in [1.29, 1.82) is 0 Å². The molecule has 1 aromatic heterocycles. The summed E-state index contributed by atoms with van der Waals surface area (Å²) in [5, 5.41) is 2.22. The molecule has 1 aromatic carbocycles. The molecule has 0 unspecified atom stereocenters. The average molecular weight is 317 g/mol. The van der Waals surface area contributed by atoms with E-state index in [9.17, 15) is 21.6 Å². The van der Waals surface area contributed by atoms with Crippen LogP contribution in [0.2, 0.25) is 0 Å². The van der Waals surface area contributed by atoms with Crippen LogP contribution in [0.1, 0.15) is 0 Å². The zero-order valence-corrected chi connectivity index (χ0v) is 11.5. The number of aromatic nitrogens is 1. The lowest BCUT2D eigenvalue weighted by Crippen LogP contribution is -2.17. The number of hydrogen-bond acceptors (Lipinski definition) is 4. The molecule has 0 saturated heterocycles. The van der Waals surface area contributed by atoms with E-state index in [1.165, 1.54) is 25.4 Å². The van der Waals surface area contributed by atoms with Gasteiger partial charge in [-0.25, -0.2) is 18.2 Å². The molecule has 2 N–H and O–H groups in total. The summed E-state index contributed by atoms with van der Waals surface area (Å²) in [4.78, 5) is 3.68. The molecule has 2 rings (SSSR count). The monoisotopic (exact) mass is 317 g/mol. The molecular formula is C12H10F3N3O2S. The van der Waals surface area contributed by atoms with Crippen LogP contribution >= 0.6 is 0 Å². The fourth-order valence-electron chi connectivity index (χ4n) is 1.59. The number of halogens is 3. The molecule has 0 saturated carbocycles. The highest BCUT2D eigenvalue weighted by molar-refractivity contribution is 7.92. The summed E-state index contributed by atoms with van der Waals surface area (Å²) in [5.41, 5.74) is -0.533. The van der Waals surface area contributed by atoms with Crippen LogP contribution in [-0.2, 0) is 10.0 Å². The Kier molecular flexibility index (Phi) is 4.03. The summed E-state index contributed by atoms with van der Waals surface area (Å²) in [5.74, 6) is -4.02. The lowest BCUT2D eigenvalue weighted by Gasteiger charge is -2.11. The van der Waals surface area contributed by atoms with Gasteiger partial charge in [0.1, 0.15) is 5.82 Å². The maximum absolute atomic E-state index is 13.5. The van der Waals surface area contributed by atoms with Crippen LogP contribution in [0.5, 0.6) is 0 Å². The second-order valence-electron chi connectivity index (χ2n) is 3.96. The molecule has 0 aliphatic heterocycles. The predicted octanol–water partition coefficient (Wildman–Crippen LogP) is 2.34. The molecule has 0 atom stereocenters. The summed E-state index contributed by atoms with van der Waals surface area (Å²) in [6.07, 6.45) is 1.23. The third kappa shape index (κ3) is 3.07. The Morgan fingerprint density at radius 2 is 1.71 bits per heavy atom. The van der Waals surface area contributed by atoms with E-state index in [0.717, 1.165) is 0 Å². The topological polar surface area (TPSA) is 71.1 Å². The first-order valence-corrected chi connectivity index (χ1v) is 7.13. The SMILES string of the molecule is CNc1cccnc1S(=O)(=O)Nc1cc(F)c(F)cc1F. The van der Waals surface area contributed by atoms with Crippen LogP contribution in [0.4, 0.5) is 24.5 Å². The number of anilines is 2. The minimum atomic E-state index is -4.26. The number of nitrogens with one attached hydrogen (secondary N) is 2. The van der Waals surface area contributed by atoms with Crippen LogP contribution in [-0.4, -0.2) is 20.4 Å². The molecule has 5 nitrogen and oxygen atoms in total. The first-order chi connectivity index (χ1) is 9.85. The van der Waals surface area contributed by atoms with Crippen molar-refractivity contribution in [1.82, 2.24) is 4.98 Å². The minimum Gasteiger partial charge on any atom is -0.386 e. The molecule has 1 heterocycles. The van der Waals surface area contributed by atoms with Gasteiger partial charge in [-0.1, -0.05) is 0 Å². The fourth-order valence-corrected chi connectivity index (χ4v) is 2.79. The standard InChI is InChI=1S/C12H10F3N3O2S/c1-16-10-3-2-4-17-12(10)21(19,20)18-11-6-8(14)7(13)5-9(11)15/h2-6,16,18H,1H3. The van der Waals surface area contributed by atoms with Gasteiger partial charge in [0.15, 0.2) is 16.7 Å². The summed E-state index contributed by atoms with van der Waals surface area (Å²) in [7, 11) is -2.78. The first-order valence-electron chi connectivity index (χ1n) is 5.65. The van der Waals surface area contributed by atoms with E-state index in [1.54, 1.807) is 0 Å². The van der Waals surface area contributed by atoms with Gasteiger partial charge in [-0.3, -0.25) is 4.72 Å². The molecule has 0 amide bonds. The van der Waals surface area contributed by atoms with E-state index in [4.69, 9.17) is 0 Å². The maximum Gasteiger partial charge on any atom is 0.281 e. The van der Waals surface area contributed by atoms with E-state index < -0.39 is 38.2 Å².